The van der Waals surface area contributed by atoms with E-state index in [9.17, 15) is 14.4 Å². The molecule has 0 spiro atoms. The van der Waals surface area contributed by atoms with Crippen molar-refractivity contribution in [2.45, 2.75) is 49.6 Å². The Morgan fingerprint density at radius 2 is 1.71 bits per heavy atom. The number of halogens is 1. The van der Waals surface area contributed by atoms with E-state index in [1.165, 1.54) is 21.4 Å². The molecule has 0 radical (unpaired) electrons. The molecule has 3 aromatic rings. The summed E-state index contributed by atoms with van der Waals surface area (Å²) < 4.78 is 1.85. The first-order chi connectivity index (χ1) is 20.2. The minimum absolute atomic E-state index is 0.148. The molecule has 3 atom stereocenters. The minimum atomic E-state index is -0.237. The van der Waals surface area contributed by atoms with E-state index in [-0.39, 0.29) is 29.3 Å². The zero-order valence-electron chi connectivity index (χ0n) is 24.1. The fraction of sp³-hybridized carbons (Fsp3) is 0.438. The molecule has 0 aliphatic carbocycles. The number of anilines is 1. The third kappa shape index (κ3) is 6.21. The quantitative estimate of drug-likeness (QED) is 0.384. The second-order valence-electron chi connectivity index (χ2n) is 12.1. The van der Waals surface area contributed by atoms with Crippen LogP contribution in [0.3, 0.4) is 0 Å². The molecule has 220 valence electrons. The third-order valence-electron chi connectivity index (χ3n) is 8.91. The molecule has 3 aliphatic heterocycles. The average molecular weight is 634 g/mol. The Kier molecular flexibility index (Phi) is 8.29. The maximum atomic E-state index is 12.3. The van der Waals surface area contributed by atoms with Crippen molar-refractivity contribution in [2.75, 3.05) is 38.5 Å². The lowest BCUT2D eigenvalue weighted by Crippen LogP contribution is -2.44. The van der Waals surface area contributed by atoms with Gasteiger partial charge < -0.3 is 10.2 Å². The van der Waals surface area contributed by atoms with Crippen LogP contribution in [0.4, 0.5) is 5.69 Å². The van der Waals surface area contributed by atoms with Gasteiger partial charge in [0.25, 0.3) is 5.56 Å². The lowest BCUT2D eigenvalue weighted by Gasteiger charge is -2.40. The van der Waals surface area contributed by atoms with Crippen molar-refractivity contribution in [3.05, 3.63) is 91.8 Å². The zero-order valence-corrected chi connectivity index (χ0v) is 25.6. The minimum Gasteiger partial charge on any atom is -0.379 e. The number of imide groups is 1. The van der Waals surface area contributed by atoms with E-state index in [1.54, 1.807) is 13.2 Å². The number of likely N-dealkylation sites (tertiary alicyclic amines) is 2. The van der Waals surface area contributed by atoms with Gasteiger partial charge in [0, 0.05) is 58.2 Å². The molecule has 1 aromatic heterocycles. The van der Waals surface area contributed by atoms with Gasteiger partial charge in [-0.2, -0.15) is 5.10 Å². The number of hydrogen-bond donors (Lipinski definition) is 2. The highest BCUT2D eigenvalue weighted by Crippen LogP contribution is 2.33. The molecular formula is C32H37BrN6O3. The molecule has 3 fully saturated rings. The third-order valence-corrected chi connectivity index (χ3v) is 9.68. The Hall–Kier alpha value is -3.34. The number of likely N-dealkylation sites (N-methyl/N-ethyl adjacent to an activating group) is 1. The zero-order chi connectivity index (χ0) is 29.4. The number of nitrogens with zero attached hydrogens (tertiary/aromatic N) is 4. The number of aryl methyl sites for hydroxylation is 1. The molecule has 1 unspecified atom stereocenters. The highest BCUT2D eigenvalue weighted by molar-refractivity contribution is 9.10. The van der Waals surface area contributed by atoms with Crippen LogP contribution in [-0.4, -0.2) is 70.7 Å². The molecule has 9 nitrogen and oxygen atoms in total. The number of aromatic nitrogens is 2. The van der Waals surface area contributed by atoms with E-state index < -0.39 is 0 Å². The predicted octanol–water partition coefficient (Wildman–Crippen LogP) is 3.56. The Balaban J connectivity index is 1.03. The summed E-state index contributed by atoms with van der Waals surface area (Å²) in [5.41, 5.74) is 5.52. The van der Waals surface area contributed by atoms with E-state index in [2.05, 4.69) is 84.9 Å². The summed E-state index contributed by atoms with van der Waals surface area (Å²) in [6.45, 7) is 4.81. The van der Waals surface area contributed by atoms with Gasteiger partial charge >= 0.3 is 0 Å². The van der Waals surface area contributed by atoms with Crippen molar-refractivity contribution in [1.82, 2.24) is 24.9 Å². The van der Waals surface area contributed by atoms with Gasteiger partial charge in [0.05, 0.1) is 17.8 Å². The molecule has 10 heteroatoms. The number of piperidine rings is 2. The van der Waals surface area contributed by atoms with Gasteiger partial charge in [0.2, 0.25) is 11.8 Å². The van der Waals surface area contributed by atoms with Crippen molar-refractivity contribution >= 4 is 33.4 Å². The van der Waals surface area contributed by atoms with Crippen LogP contribution in [0.5, 0.6) is 0 Å². The topological polar surface area (TPSA) is 99.6 Å². The maximum Gasteiger partial charge on any atom is 0.282 e. The molecule has 6 rings (SSSR count). The van der Waals surface area contributed by atoms with Gasteiger partial charge in [0.15, 0.2) is 0 Å². The second-order valence-corrected chi connectivity index (χ2v) is 12.9. The lowest BCUT2D eigenvalue weighted by molar-refractivity contribution is -0.134. The molecule has 2 aromatic carbocycles. The van der Waals surface area contributed by atoms with Crippen LogP contribution < -0.4 is 16.2 Å². The number of nitrogens with one attached hydrogen (secondary N) is 2. The normalized spacial score (nSPS) is 23.8. The van der Waals surface area contributed by atoms with Gasteiger partial charge in [-0.25, -0.2) is 4.68 Å². The van der Waals surface area contributed by atoms with Gasteiger partial charge in [-0.05, 0) is 64.0 Å². The SMILES string of the molecule is CN1C[C@@H](Nc2cnn(C)c(=O)c2Br)C[C@@H](c2ccc(CN3CC(c4cccc(C5CCC(=O)NC5=O)c4)C3)cc2)C1. The van der Waals surface area contributed by atoms with Crippen molar-refractivity contribution in [2.24, 2.45) is 7.05 Å². The predicted molar refractivity (Wildman–Crippen MR) is 165 cm³/mol. The number of benzene rings is 2. The van der Waals surface area contributed by atoms with Crippen LogP contribution in [-0.2, 0) is 23.2 Å². The largest absolute Gasteiger partial charge is 0.379 e. The van der Waals surface area contributed by atoms with E-state index >= 15 is 0 Å². The Labute approximate surface area is 254 Å². The highest BCUT2D eigenvalue weighted by Gasteiger charge is 2.32. The van der Waals surface area contributed by atoms with Crippen LogP contribution in [0.2, 0.25) is 0 Å². The molecule has 4 heterocycles. The number of carbonyl (C=O) groups is 2. The summed E-state index contributed by atoms with van der Waals surface area (Å²) in [6.07, 6.45) is 3.67. The molecule has 3 saturated heterocycles. The molecule has 0 bridgehead atoms. The van der Waals surface area contributed by atoms with Gasteiger partial charge in [-0.15, -0.1) is 0 Å². The van der Waals surface area contributed by atoms with Crippen LogP contribution in [0.1, 0.15) is 59.3 Å². The number of amides is 2. The number of hydrogen-bond acceptors (Lipinski definition) is 7. The van der Waals surface area contributed by atoms with Crippen LogP contribution in [0, 0.1) is 0 Å². The molecule has 42 heavy (non-hydrogen) atoms. The van der Waals surface area contributed by atoms with E-state index in [0.29, 0.717) is 29.2 Å². The van der Waals surface area contributed by atoms with E-state index in [4.69, 9.17) is 0 Å². The summed E-state index contributed by atoms with van der Waals surface area (Å²) >= 11 is 3.43. The van der Waals surface area contributed by atoms with Crippen LogP contribution >= 0.6 is 15.9 Å². The lowest BCUT2D eigenvalue weighted by atomic mass is 9.85. The average Bonchev–Trinajstić information content (AvgIpc) is 2.95. The van der Waals surface area contributed by atoms with Crippen LogP contribution in [0.25, 0.3) is 0 Å². The Morgan fingerprint density at radius 1 is 0.952 bits per heavy atom. The van der Waals surface area contributed by atoms with Crippen molar-refractivity contribution < 1.29 is 9.59 Å². The van der Waals surface area contributed by atoms with Crippen molar-refractivity contribution in [3.8, 4) is 0 Å². The van der Waals surface area contributed by atoms with Gasteiger partial charge in [0.1, 0.15) is 4.47 Å². The first-order valence-corrected chi connectivity index (χ1v) is 15.4. The molecule has 2 amide bonds. The van der Waals surface area contributed by atoms with E-state index in [1.807, 2.05) is 12.1 Å². The van der Waals surface area contributed by atoms with Gasteiger partial charge in [-0.1, -0.05) is 48.5 Å². The summed E-state index contributed by atoms with van der Waals surface area (Å²) in [4.78, 5) is 40.9. The van der Waals surface area contributed by atoms with Crippen molar-refractivity contribution in [1.29, 1.82) is 0 Å². The summed E-state index contributed by atoms with van der Waals surface area (Å²) in [5.74, 6) is 0.269. The Morgan fingerprint density at radius 3 is 2.48 bits per heavy atom. The van der Waals surface area contributed by atoms with Crippen LogP contribution in [0.15, 0.2) is 64.0 Å². The standard InChI is InChI=1S/C32H37BrN6O3/c1-37-16-24(13-26(19-37)35-28-14-34-38(2)32(42)30(28)33)21-8-6-20(7-9-21)15-39-17-25(18-39)22-4-3-5-23(12-22)27-10-11-29(40)36-31(27)41/h3-9,12,14,24-27,35H,10-11,13,15-19H2,1-2H3,(H,36,40,41)/t24-,26+,27?/m1/s1. The maximum absolute atomic E-state index is 12.3. The molecule has 2 N–H and O–H groups in total. The number of rotatable bonds is 7. The molecule has 0 saturated carbocycles. The smallest absolute Gasteiger partial charge is 0.282 e. The summed E-state index contributed by atoms with van der Waals surface area (Å²) in [6, 6.07) is 17.6. The monoisotopic (exact) mass is 632 g/mol. The first-order valence-electron chi connectivity index (χ1n) is 14.6. The molecule has 3 aliphatic rings. The Bertz CT molecular complexity index is 1530. The van der Waals surface area contributed by atoms with Gasteiger partial charge in [-0.3, -0.25) is 24.6 Å². The van der Waals surface area contributed by atoms with E-state index in [0.717, 1.165) is 50.4 Å². The second kappa shape index (κ2) is 12.1. The number of carbonyl (C=O) groups excluding carboxylic acids is 2. The highest BCUT2D eigenvalue weighted by atomic mass is 79.9. The molecular weight excluding hydrogens is 596 g/mol. The summed E-state index contributed by atoms with van der Waals surface area (Å²) in [7, 11) is 3.79. The van der Waals surface area contributed by atoms with Crippen molar-refractivity contribution in [3.63, 3.8) is 0 Å². The fourth-order valence-corrected chi connectivity index (χ4v) is 7.07. The summed E-state index contributed by atoms with van der Waals surface area (Å²) in [5, 5.41) is 10.2. The first kappa shape index (κ1) is 28.8. The fourth-order valence-electron chi connectivity index (χ4n) is 6.60.